The molecule has 2 rings (SSSR count). The Morgan fingerprint density at radius 1 is 1.28 bits per heavy atom. The van der Waals surface area contributed by atoms with Crippen molar-refractivity contribution in [1.82, 2.24) is 5.32 Å². The number of sulfone groups is 1. The highest BCUT2D eigenvalue weighted by atomic mass is 32.2. The number of hydrogen-bond donors (Lipinski definition) is 2. The van der Waals surface area contributed by atoms with Gasteiger partial charge in [-0.05, 0) is 32.6 Å². The van der Waals surface area contributed by atoms with E-state index in [1.807, 2.05) is 6.92 Å². The summed E-state index contributed by atoms with van der Waals surface area (Å²) in [5.41, 5.74) is 0. The standard InChI is InChI=1S/C12H22N2O3S/c1-10(14-6-3-2-4-7-14)12(15)13-11-5-8-18(16,17)9-11/h10-11H,2-9H2,1H3,(H,13,15)/p+1/t10-,11-/m1/s1. The molecular formula is C12H23N2O3S+. The van der Waals surface area contributed by atoms with Crippen molar-refractivity contribution in [2.45, 2.75) is 44.7 Å². The van der Waals surface area contributed by atoms with Gasteiger partial charge in [-0.3, -0.25) is 4.79 Å². The van der Waals surface area contributed by atoms with Crippen molar-refractivity contribution in [3.05, 3.63) is 0 Å². The molecule has 0 spiro atoms. The molecule has 5 nitrogen and oxygen atoms in total. The van der Waals surface area contributed by atoms with E-state index in [0.717, 1.165) is 13.1 Å². The van der Waals surface area contributed by atoms with Gasteiger partial charge in [-0.25, -0.2) is 8.42 Å². The zero-order valence-electron chi connectivity index (χ0n) is 10.9. The van der Waals surface area contributed by atoms with Crippen LogP contribution < -0.4 is 10.2 Å². The Bertz CT molecular complexity index is 402. The first kappa shape index (κ1) is 13.8. The normalized spacial score (nSPS) is 29.9. The second-order valence-corrected chi connectivity index (χ2v) is 7.78. The smallest absolute Gasteiger partial charge is 0.278 e. The van der Waals surface area contributed by atoms with Crippen LogP contribution in [0.1, 0.15) is 32.6 Å². The van der Waals surface area contributed by atoms with E-state index >= 15 is 0 Å². The molecule has 2 heterocycles. The Morgan fingerprint density at radius 3 is 2.50 bits per heavy atom. The third-order valence-electron chi connectivity index (χ3n) is 4.08. The third kappa shape index (κ3) is 3.45. The molecule has 0 aromatic carbocycles. The van der Waals surface area contributed by atoms with Crippen molar-refractivity contribution in [2.24, 2.45) is 0 Å². The third-order valence-corrected chi connectivity index (χ3v) is 5.85. The first-order chi connectivity index (χ1) is 8.48. The molecule has 2 aliphatic rings. The van der Waals surface area contributed by atoms with Crippen molar-refractivity contribution in [2.75, 3.05) is 24.6 Å². The van der Waals surface area contributed by atoms with Gasteiger partial charge >= 0.3 is 0 Å². The summed E-state index contributed by atoms with van der Waals surface area (Å²) < 4.78 is 22.7. The number of carbonyl (C=O) groups excluding carboxylic acids is 1. The lowest BCUT2D eigenvalue weighted by molar-refractivity contribution is -0.918. The van der Waals surface area contributed by atoms with Crippen LogP contribution in [0.25, 0.3) is 0 Å². The average molecular weight is 275 g/mol. The van der Waals surface area contributed by atoms with Gasteiger partial charge in [0.25, 0.3) is 5.91 Å². The fourth-order valence-electron chi connectivity index (χ4n) is 2.86. The van der Waals surface area contributed by atoms with Crippen molar-refractivity contribution < 1.29 is 18.1 Å². The van der Waals surface area contributed by atoms with Gasteiger partial charge in [0.2, 0.25) is 0 Å². The van der Waals surface area contributed by atoms with Gasteiger partial charge in [0.1, 0.15) is 0 Å². The molecular weight excluding hydrogens is 252 g/mol. The number of hydrogen-bond acceptors (Lipinski definition) is 3. The van der Waals surface area contributed by atoms with E-state index in [4.69, 9.17) is 0 Å². The van der Waals surface area contributed by atoms with E-state index in [1.54, 1.807) is 0 Å². The summed E-state index contributed by atoms with van der Waals surface area (Å²) in [7, 11) is -2.91. The van der Waals surface area contributed by atoms with Crippen LogP contribution in [0.15, 0.2) is 0 Å². The lowest BCUT2D eigenvalue weighted by Gasteiger charge is -2.29. The molecule has 0 aliphatic carbocycles. The quantitative estimate of drug-likeness (QED) is 0.676. The number of likely N-dealkylation sites (tertiary alicyclic amines) is 1. The van der Waals surface area contributed by atoms with Crippen molar-refractivity contribution in [1.29, 1.82) is 0 Å². The van der Waals surface area contributed by atoms with E-state index in [0.29, 0.717) is 6.42 Å². The second kappa shape index (κ2) is 5.57. The molecule has 0 aromatic heterocycles. The van der Waals surface area contributed by atoms with Gasteiger partial charge in [0, 0.05) is 6.04 Å². The van der Waals surface area contributed by atoms with E-state index in [-0.39, 0.29) is 29.5 Å². The predicted molar refractivity (Wildman–Crippen MR) is 69.2 cm³/mol. The highest BCUT2D eigenvalue weighted by Crippen LogP contribution is 2.11. The molecule has 0 radical (unpaired) electrons. The number of quaternary nitrogens is 1. The minimum atomic E-state index is -2.91. The highest BCUT2D eigenvalue weighted by molar-refractivity contribution is 7.91. The van der Waals surface area contributed by atoms with Gasteiger partial charge < -0.3 is 10.2 Å². The maximum Gasteiger partial charge on any atom is 0.278 e. The molecule has 0 aromatic rings. The Labute approximate surface area is 109 Å². The summed E-state index contributed by atoms with van der Waals surface area (Å²) in [6.07, 6.45) is 4.20. The Hall–Kier alpha value is -0.620. The molecule has 2 atom stereocenters. The molecule has 0 saturated carbocycles. The van der Waals surface area contributed by atoms with Crippen LogP contribution in [0.5, 0.6) is 0 Å². The van der Waals surface area contributed by atoms with Gasteiger partial charge in [-0.1, -0.05) is 0 Å². The summed E-state index contributed by atoms with van der Waals surface area (Å²) >= 11 is 0. The monoisotopic (exact) mass is 275 g/mol. The first-order valence-corrected chi connectivity index (χ1v) is 8.65. The summed E-state index contributed by atoms with van der Waals surface area (Å²) in [6.45, 7) is 4.05. The Balaban J connectivity index is 1.84. The number of rotatable bonds is 3. The molecule has 1 amide bonds. The van der Waals surface area contributed by atoms with Gasteiger partial charge in [-0.15, -0.1) is 0 Å². The molecule has 2 aliphatic heterocycles. The van der Waals surface area contributed by atoms with Crippen LogP contribution in [0.4, 0.5) is 0 Å². The van der Waals surface area contributed by atoms with Crippen molar-refractivity contribution >= 4 is 15.7 Å². The molecule has 6 heteroatoms. The van der Waals surface area contributed by atoms with Crippen LogP contribution in [0, 0.1) is 0 Å². The fraction of sp³-hybridized carbons (Fsp3) is 0.917. The molecule has 2 N–H and O–H groups in total. The van der Waals surface area contributed by atoms with Crippen molar-refractivity contribution in [3.8, 4) is 0 Å². The van der Waals surface area contributed by atoms with E-state index in [9.17, 15) is 13.2 Å². The molecule has 2 saturated heterocycles. The Kier molecular flexibility index (Phi) is 4.27. The van der Waals surface area contributed by atoms with Gasteiger partial charge in [0.15, 0.2) is 15.9 Å². The molecule has 18 heavy (non-hydrogen) atoms. The average Bonchev–Trinajstić information content (AvgIpc) is 2.68. The minimum Gasteiger partial charge on any atom is -0.347 e. The van der Waals surface area contributed by atoms with E-state index in [1.165, 1.54) is 24.2 Å². The van der Waals surface area contributed by atoms with Gasteiger partial charge in [-0.2, -0.15) is 0 Å². The zero-order chi connectivity index (χ0) is 13.2. The summed E-state index contributed by atoms with van der Waals surface area (Å²) in [5, 5.41) is 2.89. The molecule has 2 fully saturated rings. The second-order valence-electron chi connectivity index (χ2n) is 5.55. The van der Waals surface area contributed by atoms with E-state index < -0.39 is 9.84 Å². The largest absolute Gasteiger partial charge is 0.347 e. The lowest BCUT2D eigenvalue weighted by atomic mass is 10.1. The van der Waals surface area contributed by atoms with Crippen LogP contribution in [-0.4, -0.2) is 51.0 Å². The highest BCUT2D eigenvalue weighted by Gasteiger charge is 2.32. The van der Waals surface area contributed by atoms with Crippen LogP contribution >= 0.6 is 0 Å². The summed E-state index contributed by atoms with van der Waals surface area (Å²) in [5.74, 6) is 0.331. The minimum absolute atomic E-state index is 0.00833. The fourth-order valence-corrected chi connectivity index (χ4v) is 4.53. The number of nitrogens with one attached hydrogen (secondary N) is 2. The summed E-state index contributed by atoms with van der Waals surface area (Å²) in [4.78, 5) is 13.4. The number of amides is 1. The van der Waals surface area contributed by atoms with Crippen molar-refractivity contribution in [3.63, 3.8) is 0 Å². The zero-order valence-corrected chi connectivity index (χ0v) is 11.8. The topological polar surface area (TPSA) is 67.7 Å². The van der Waals surface area contributed by atoms with Crippen LogP contribution in [-0.2, 0) is 14.6 Å². The maximum absolute atomic E-state index is 12.1. The molecule has 104 valence electrons. The Morgan fingerprint density at radius 2 is 1.94 bits per heavy atom. The van der Waals surface area contributed by atoms with E-state index in [2.05, 4.69) is 5.32 Å². The maximum atomic E-state index is 12.1. The summed E-state index contributed by atoms with van der Waals surface area (Å²) in [6, 6.07) is -0.234. The van der Waals surface area contributed by atoms with Crippen LogP contribution in [0.2, 0.25) is 0 Å². The van der Waals surface area contributed by atoms with Gasteiger partial charge in [0.05, 0.1) is 24.6 Å². The SMILES string of the molecule is C[C@H](C(=O)N[C@@H]1CCS(=O)(=O)C1)[NH+]1CCCCC1. The predicted octanol–water partition coefficient (Wildman–Crippen LogP) is -1.25. The van der Waals surface area contributed by atoms with Crippen LogP contribution in [0.3, 0.4) is 0 Å². The number of piperidine rings is 1. The molecule has 0 unspecified atom stereocenters. The number of carbonyl (C=O) groups is 1. The molecule has 0 bridgehead atoms. The lowest BCUT2D eigenvalue weighted by Crippen LogP contribution is -3.17. The first-order valence-electron chi connectivity index (χ1n) is 6.83.